The van der Waals surface area contributed by atoms with E-state index in [4.69, 9.17) is 13.9 Å². The minimum atomic E-state index is -0.372. The zero-order valence-corrected chi connectivity index (χ0v) is 16.1. The summed E-state index contributed by atoms with van der Waals surface area (Å²) in [4.78, 5) is 24.0. The molecule has 1 aromatic carbocycles. The van der Waals surface area contributed by atoms with Gasteiger partial charge in [0, 0.05) is 18.5 Å². The van der Waals surface area contributed by atoms with Crippen molar-refractivity contribution < 1.29 is 23.5 Å². The fourth-order valence-electron chi connectivity index (χ4n) is 2.47. The second-order valence-electron chi connectivity index (χ2n) is 6.51. The van der Waals surface area contributed by atoms with E-state index >= 15 is 0 Å². The van der Waals surface area contributed by atoms with Crippen LogP contribution in [0.1, 0.15) is 43.5 Å². The number of benzene rings is 1. The SMILES string of the molecule is COc1ccccc1OCc1ccc(C(=O)N[C@@H](C)CC(=O)NC(C)C)o1. The van der Waals surface area contributed by atoms with Crippen LogP contribution in [0.2, 0.25) is 0 Å². The summed E-state index contributed by atoms with van der Waals surface area (Å²) in [5.74, 6) is 1.41. The first-order chi connectivity index (χ1) is 12.9. The van der Waals surface area contributed by atoms with Gasteiger partial charge in [0.05, 0.1) is 7.11 Å². The van der Waals surface area contributed by atoms with Gasteiger partial charge in [-0.05, 0) is 45.0 Å². The molecule has 146 valence electrons. The number of amides is 2. The lowest BCUT2D eigenvalue weighted by atomic mass is 10.2. The lowest BCUT2D eigenvalue weighted by molar-refractivity contribution is -0.121. The number of hydrogen-bond acceptors (Lipinski definition) is 5. The molecule has 1 atom stereocenters. The van der Waals surface area contributed by atoms with Crippen molar-refractivity contribution in [2.24, 2.45) is 0 Å². The van der Waals surface area contributed by atoms with Gasteiger partial charge in [-0.1, -0.05) is 12.1 Å². The van der Waals surface area contributed by atoms with E-state index in [-0.39, 0.29) is 42.7 Å². The van der Waals surface area contributed by atoms with Crippen LogP contribution >= 0.6 is 0 Å². The molecule has 0 saturated carbocycles. The molecule has 0 radical (unpaired) electrons. The molecular formula is C20H26N2O5. The summed E-state index contributed by atoms with van der Waals surface area (Å²) in [6.07, 6.45) is 0.203. The second-order valence-corrected chi connectivity index (χ2v) is 6.51. The standard InChI is InChI=1S/C20H26N2O5/c1-13(2)21-19(23)11-14(3)22-20(24)18-10-9-15(27-18)12-26-17-8-6-5-7-16(17)25-4/h5-10,13-14H,11-12H2,1-4H3,(H,21,23)(H,22,24)/t14-/m0/s1. The summed E-state index contributed by atoms with van der Waals surface area (Å²) >= 11 is 0. The highest BCUT2D eigenvalue weighted by atomic mass is 16.5. The quantitative estimate of drug-likeness (QED) is 0.704. The van der Waals surface area contributed by atoms with E-state index in [0.717, 1.165) is 0 Å². The van der Waals surface area contributed by atoms with Crippen molar-refractivity contribution >= 4 is 11.8 Å². The van der Waals surface area contributed by atoms with Crippen LogP contribution in [0.5, 0.6) is 11.5 Å². The van der Waals surface area contributed by atoms with Crippen LogP contribution in [0.4, 0.5) is 0 Å². The molecule has 0 aliphatic carbocycles. The maximum Gasteiger partial charge on any atom is 0.287 e. The third kappa shape index (κ3) is 6.36. The number of nitrogens with one attached hydrogen (secondary N) is 2. The molecule has 2 rings (SSSR count). The Kier molecular flexibility index (Phi) is 7.28. The molecule has 7 heteroatoms. The van der Waals surface area contributed by atoms with Crippen molar-refractivity contribution in [1.29, 1.82) is 0 Å². The number of carbonyl (C=O) groups is 2. The van der Waals surface area contributed by atoms with Gasteiger partial charge in [0.15, 0.2) is 17.3 Å². The van der Waals surface area contributed by atoms with E-state index in [9.17, 15) is 9.59 Å². The Morgan fingerprint density at radius 3 is 2.41 bits per heavy atom. The van der Waals surface area contributed by atoms with Crippen LogP contribution in [0, 0.1) is 0 Å². The first-order valence-corrected chi connectivity index (χ1v) is 8.83. The number of para-hydroxylation sites is 2. The molecular weight excluding hydrogens is 348 g/mol. The van der Waals surface area contributed by atoms with E-state index < -0.39 is 0 Å². The van der Waals surface area contributed by atoms with Gasteiger partial charge in [0.1, 0.15) is 12.4 Å². The maximum atomic E-state index is 12.2. The molecule has 27 heavy (non-hydrogen) atoms. The molecule has 0 bridgehead atoms. The van der Waals surface area contributed by atoms with Crippen LogP contribution in [-0.4, -0.2) is 31.0 Å². The zero-order valence-electron chi connectivity index (χ0n) is 16.1. The Labute approximate surface area is 159 Å². The third-order valence-electron chi connectivity index (χ3n) is 3.64. The summed E-state index contributed by atoms with van der Waals surface area (Å²) in [6.45, 7) is 5.71. The van der Waals surface area contributed by atoms with Crippen molar-refractivity contribution in [2.45, 2.75) is 45.9 Å². The lowest BCUT2D eigenvalue weighted by Crippen LogP contribution is -2.39. The van der Waals surface area contributed by atoms with Gasteiger partial charge in [0.2, 0.25) is 5.91 Å². The molecule has 2 N–H and O–H groups in total. The predicted octanol–water partition coefficient (Wildman–Crippen LogP) is 2.90. The summed E-state index contributed by atoms with van der Waals surface area (Å²) < 4.78 is 16.4. The van der Waals surface area contributed by atoms with Crippen molar-refractivity contribution in [1.82, 2.24) is 10.6 Å². The Morgan fingerprint density at radius 2 is 1.74 bits per heavy atom. The van der Waals surface area contributed by atoms with Crippen LogP contribution < -0.4 is 20.1 Å². The number of furan rings is 1. The number of carbonyl (C=O) groups excluding carboxylic acids is 2. The molecule has 2 aromatic rings. The van der Waals surface area contributed by atoms with Crippen molar-refractivity contribution in [2.75, 3.05) is 7.11 Å². The highest BCUT2D eigenvalue weighted by molar-refractivity contribution is 5.92. The summed E-state index contributed by atoms with van der Waals surface area (Å²) in [5, 5.41) is 5.54. The average Bonchev–Trinajstić information content (AvgIpc) is 3.08. The van der Waals surface area contributed by atoms with Crippen LogP contribution in [0.25, 0.3) is 0 Å². The molecule has 1 heterocycles. The first kappa shape index (κ1) is 20.4. The highest BCUT2D eigenvalue weighted by Crippen LogP contribution is 2.26. The molecule has 0 saturated heterocycles. The van der Waals surface area contributed by atoms with Crippen molar-refractivity contribution in [3.05, 3.63) is 47.9 Å². The molecule has 0 fully saturated rings. The Bertz CT molecular complexity index is 769. The van der Waals surface area contributed by atoms with Crippen LogP contribution in [-0.2, 0) is 11.4 Å². The fourth-order valence-corrected chi connectivity index (χ4v) is 2.47. The largest absolute Gasteiger partial charge is 0.493 e. The maximum absolute atomic E-state index is 12.2. The molecule has 0 aliphatic heterocycles. The zero-order chi connectivity index (χ0) is 19.8. The first-order valence-electron chi connectivity index (χ1n) is 8.83. The topological polar surface area (TPSA) is 89.8 Å². The van der Waals surface area contributed by atoms with E-state index in [0.29, 0.717) is 17.3 Å². The molecule has 0 unspecified atom stereocenters. The fraction of sp³-hybridized carbons (Fsp3) is 0.400. The average molecular weight is 374 g/mol. The molecule has 7 nitrogen and oxygen atoms in total. The predicted molar refractivity (Wildman–Crippen MR) is 101 cm³/mol. The van der Waals surface area contributed by atoms with Gasteiger partial charge >= 0.3 is 0 Å². The lowest BCUT2D eigenvalue weighted by Gasteiger charge is -2.14. The van der Waals surface area contributed by atoms with Gasteiger partial charge in [-0.25, -0.2) is 0 Å². The second kappa shape index (κ2) is 9.66. The summed E-state index contributed by atoms with van der Waals surface area (Å²) in [7, 11) is 1.57. The van der Waals surface area contributed by atoms with E-state index in [2.05, 4.69) is 10.6 Å². The Hall–Kier alpha value is -2.96. The van der Waals surface area contributed by atoms with Crippen molar-refractivity contribution in [3.63, 3.8) is 0 Å². The van der Waals surface area contributed by atoms with Gasteiger partial charge in [-0.2, -0.15) is 0 Å². The normalized spacial score (nSPS) is 11.7. The number of rotatable bonds is 9. The number of hydrogen-bond donors (Lipinski definition) is 2. The molecule has 0 aliphatic rings. The summed E-state index contributed by atoms with van der Waals surface area (Å²) in [6, 6.07) is 10.3. The van der Waals surface area contributed by atoms with E-state index in [1.807, 2.05) is 26.0 Å². The number of ether oxygens (including phenoxy) is 2. The van der Waals surface area contributed by atoms with Crippen LogP contribution in [0.3, 0.4) is 0 Å². The Morgan fingerprint density at radius 1 is 1.04 bits per heavy atom. The number of methoxy groups -OCH3 is 1. The van der Waals surface area contributed by atoms with Gasteiger partial charge in [0.25, 0.3) is 5.91 Å². The molecule has 0 spiro atoms. The van der Waals surface area contributed by atoms with Gasteiger partial charge < -0.3 is 24.5 Å². The third-order valence-corrected chi connectivity index (χ3v) is 3.64. The van der Waals surface area contributed by atoms with Crippen molar-refractivity contribution in [3.8, 4) is 11.5 Å². The smallest absolute Gasteiger partial charge is 0.287 e. The van der Waals surface area contributed by atoms with E-state index in [1.165, 1.54) is 0 Å². The van der Waals surface area contributed by atoms with E-state index in [1.54, 1.807) is 38.3 Å². The minimum Gasteiger partial charge on any atom is -0.493 e. The Balaban J connectivity index is 1.87. The monoisotopic (exact) mass is 374 g/mol. The van der Waals surface area contributed by atoms with Gasteiger partial charge in [-0.3, -0.25) is 9.59 Å². The molecule has 1 aromatic heterocycles. The molecule has 2 amide bonds. The minimum absolute atomic E-state index is 0.0660. The van der Waals surface area contributed by atoms with Gasteiger partial charge in [-0.15, -0.1) is 0 Å². The van der Waals surface area contributed by atoms with Crippen LogP contribution in [0.15, 0.2) is 40.8 Å². The highest BCUT2D eigenvalue weighted by Gasteiger charge is 2.17. The summed E-state index contributed by atoms with van der Waals surface area (Å²) in [5.41, 5.74) is 0.